The third-order valence-corrected chi connectivity index (χ3v) is 4.23. The van der Waals surface area contributed by atoms with Gasteiger partial charge in [-0.25, -0.2) is 4.68 Å². The number of hydrogen-bond acceptors (Lipinski definition) is 3. The topological polar surface area (TPSA) is 59.8 Å². The van der Waals surface area contributed by atoms with Crippen molar-refractivity contribution < 1.29 is 4.79 Å². The molecular formula is C21H15ClN4O. The fraction of sp³-hybridized carbons (Fsp3) is 0. The number of halogens is 1. The van der Waals surface area contributed by atoms with E-state index in [0.29, 0.717) is 22.1 Å². The number of nitrogens with zero attached hydrogens (tertiary/aromatic N) is 3. The lowest BCUT2D eigenvalue weighted by Crippen LogP contribution is -2.15. The summed E-state index contributed by atoms with van der Waals surface area (Å²) in [7, 11) is 0. The van der Waals surface area contributed by atoms with Gasteiger partial charge in [-0.15, -0.1) is 0 Å². The van der Waals surface area contributed by atoms with E-state index in [4.69, 9.17) is 11.6 Å². The van der Waals surface area contributed by atoms with Crippen molar-refractivity contribution >= 4 is 23.3 Å². The van der Waals surface area contributed by atoms with Gasteiger partial charge < -0.3 is 5.32 Å². The van der Waals surface area contributed by atoms with E-state index in [-0.39, 0.29) is 5.91 Å². The van der Waals surface area contributed by atoms with Crippen LogP contribution in [0.5, 0.6) is 0 Å². The van der Waals surface area contributed by atoms with Gasteiger partial charge in [0, 0.05) is 34.6 Å². The molecule has 0 aliphatic carbocycles. The summed E-state index contributed by atoms with van der Waals surface area (Å²) in [5.41, 5.74) is 2.90. The zero-order valence-electron chi connectivity index (χ0n) is 14.2. The maximum Gasteiger partial charge on any atom is 0.256 e. The van der Waals surface area contributed by atoms with Crippen LogP contribution in [0.3, 0.4) is 0 Å². The third kappa shape index (κ3) is 3.73. The largest absolute Gasteiger partial charge is 0.306 e. The predicted molar refractivity (Wildman–Crippen MR) is 106 cm³/mol. The first-order valence-electron chi connectivity index (χ1n) is 8.33. The molecule has 0 aliphatic heterocycles. The van der Waals surface area contributed by atoms with Crippen LogP contribution in [0.4, 0.5) is 5.82 Å². The number of amides is 1. The van der Waals surface area contributed by atoms with Gasteiger partial charge in [0.25, 0.3) is 5.91 Å². The molecule has 0 radical (unpaired) electrons. The lowest BCUT2D eigenvalue weighted by molar-refractivity contribution is 0.102. The first-order chi connectivity index (χ1) is 13.2. The van der Waals surface area contributed by atoms with E-state index in [0.717, 1.165) is 11.3 Å². The number of rotatable bonds is 4. The molecule has 1 amide bonds. The van der Waals surface area contributed by atoms with Crippen molar-refractivity contribution in [2.24, 2.45) is 0 Å². The van der Waals surface area contributed by atoms with E-state index < -0.39 is 0 Å². The van der Waals surface area contributed by atoms with Crippen molar-refractivity contribution in [3.8, 4) is 16.9 Å². The monoisotopic (exact) mass is 374 g/mol. The first-order valence-corrected chi connectivity index (χ1v) is 8.71. The molecule has 6 heteroatoms. The first kappa shape index (κ1) is 17.0. The van der Waals surface area contributed by atoms with E-state index in [2.05, 4.69) is 15.4 Å². The molecule has 0 fully saturated rings. The van der Waals surface area contributed by atoms with Crippen LogP contribution < -0.4 is 5.32 Å². The van der Waals surface area contributed by atoms with Crippen molar-refractivity contribution in [1.82, 2.24) is 14.8 Å². The smallest absolute Gasteiger partial charge is 0.256 e. The van der Waals surface area contributed by atoms with E-state index in [1.807, 2.05) is 48.5 Å². The zero-order valence-corrected chi connectivity index (χ0v) is 15.0. The Hall–Kier alpha value is -3.44. The number of benzene rings is 2. The predicted octanol–water partition coefficient (Wildman–Crippen LogP) is 4.84. The molecule has 2 aromatic heterocycles. The van der Waals surface area contributed by atoms with Gasteiger partial charge in [0.2, 0.25) is 0 Å². The number of para-hydroxylation sites is 1. The highest BCUT2D eigenvalue weighted by atomic mass is 35.5. The summed E-state index contributed by atoms with van der Waals surface area (Å²) in [4.78, 5) is 16.8. The Morgan fingerprint density at radius 2 is 1.81 bits per heavy atom. The number of hydrogen-bond donors (Lipinski definition) is 1. The Bertz CT molecular complexity index is 1080. The highest BCUT2D eigenvalue weighted by Gasteiger charge is 2.15. The van der Waals surface area contributed by atoms with Gasteiger partial charge in [-0.1, -0.05) is 35.9 Å². The van der Waals surface area contributed by atoms with Crippen molar-refractivity contribution in [1.29, 1.82) is 0 Å². The maximum absolute atomic E-state index is 12.7. The molecule has 0 saturated heterocycles. The molecule has 2 aromatic carbocycles. The lowest BCUT2D eigenvalue weighted by atomic mass is 10.2. The van der Waals surface area contributed by atoms with Gasteiger partial charge in [0.15, 0.2) is 0 Å². The van der Waals surface area contributed by atoms with Crippen molar-refractivity contribution in [2.45, 2.75) is 0 Å². The number of pyridine rings is 1. The molecule has 2 heterocycles. The quantitative estimate of drug-likeness (QED) is 0.556. The van der Waals surface area contributed by atoms with Crippen LogP contribution in [0, 0.1) is 0 Å². The summed E-state index contributed by atoms with van der Waals surface area (Å²) in [6.45, 7) is 0. The third-order valence-electron chi connectivity index (χ3n) is 4.00. The van der Waals surface area contributed by atoms with Gasteiger partial charge in [-0.05, 0) is 42.5 Å². The SMILES string of the molecule is O=C(Nc1cc(-c2cccnc2)nn1-c1ccccc1)c1cccc(Cl)c1. The molecule has 4 aromatic rings. The molecule has 27 heavy (non-hydrogen) atoms. The molecule has 0 spiro atoms. The Morgan fingerprint density at radius 1 is 0.963 bits per heavy atom. The van der Waals surface area contributed by atoms with E-state index >= 15 is 0 Å². The molecule has 0 aliphatic rings. The van der Waals surface area contributed by atoms with Crippen LogP contribution in [0.2, 0.25) is 5.02 Å². The van der Waals surface area contributed by atoms with Crippen LogP contribution >= 0.6 is 11.6 Å². The van der Waals surface area contributed by atoms with Crippen LogP contribution in [0.1, 0.15) is 10.4 Å². The molecule has 0 unspecified atom stereocenters. The normalized spacial score (nSPS) is 10.6. The van der Waals surface area contributed by atoms with Gasteiger partial charge >= 0.3 is 0 Å². The summed E-state index contributed by atoms with van der Waals surface area (Å²) in [6, 6.07) is 22.0. The van der Waals surface area contributed by atoms with Crippen LogP contribution in [-0.2, 0) is 0 Å². The van der Waals surface area contributed by atoms with Crippen molar-refractivity contribution in [2.75, 3.05) is 5.32 Å². The van der Waals surface area contributed by atoms with Gasteiger partial charge in [-0.2, -0.15) is 5.10 Å². The van der Waals surface area contributed by atoms with E-state index in [9.17, 15) is 4.79 Å². The standard InChI is InChI=1S/C21H15ClN4O/c22-17-8-4-6-15(12-17)21(27)24-20-13-19(16-7-5-11-23-14-16)25-26(20)18-9-2-1-3-10-18/h1-14H,(H,24,27). The fourth-order valence-electron chi connectivity index (χ4n) is 2.71. The number of carbonyl (C=O) groups excluding carboxylic acids is 1. The van der Waals surface area contributed by atoms with Crippen molar-refractivity contribution in [3.63, 3.8) is 0 Å². The number of anilines is 1. The number of aromatic nitrogens is 3. The van der Waals surface area contributed by atoms with Crippen LogP contribution in [0.25, 0.3) is 16.9 Å². The lowest BCUT2D eigenvalue weighted by Gasteiger charge is -2.09. The van der Waals surface area contributed by atoms with E-state index in [1.165, 1.54) is 0 Å². The average Bonchev–Trinajstić information content (AvgIpc) is 3.13. The summed E-state index contributed by atoms with van der Waals surface area (Å²) in [6.07, 6.45) is 3.44. The summed E-state index contributed by atoms with van der Waals surface area (Å²) in [5.74, 6) is 0.303. The summed E-state index contributed by atoms with van der Waals surface area (Å²) >= 11 is 6.00. The van der Waals surface area contributed by atoms with Crippen LogP contribution in [0.15, 0.2) is 85.2 Å². The minimum Gasteiger partial charge on any atom is -0.306 e. The Labute approximate surface area is 161 Å². The van der Waals surface area contributed by atoms with Crippen molar-refractivity contribution in [3.05, 3.63) is 95.8 Å². The molecular weight excluding hydrogens is 360 g/mol. The molecule has 132 valence electrons. The second kappa shape index (κ2) is 7.43. The van der Waals surface area contributed by atoms with Gasteiger partial charge in [0.1, 0.15) is 5.82 Å². The summed E-state index contributed by atoms with van der Waals surface area (Å²) < 4.78 is 1.70. The Morgan fingerprint density at radius 3 is 2.56 bits per heavy atom. The molecule has 1 N–H and O–H groups in total. The average molecular weight is 375 g/mol. The molecule has 0 saturated carbocycles. The van der Waals surface area contributed by atoms with E-state index in [1.54, 1.807) is 41.3 Å². The highest BCUT2D eigenvalue weighted by Crippen LogP contribution is 2.25. The minimum absolute atomic E-state index is 0.257. The highest BCUT2D eigenvalue weighted by molar-refractivity contribution is 6.31. The number of nitrogens with one attached hydrogen (secondary N) is 1. The van der Waals surface area contributed by atoms with Gasteiger partial charge in [0.05, 0.1) is 11.4 Å². The molecule has 5 nitrogen and oxygen atoms in total. The maximum atomic E-state index is 12.7. The van der Waals surface area contributed by atoms with Gasteiger partial charge in [-0.3, -0.25) is 9.78 Å². The second-order valence-corrected chi connectivity index (χ2v) is 6.30. The zero-order chi connectivity index (χ0) is 18.6. The molecule has 0 bridgehead atoms. The second-order valence-electron chi connectivity index (χ2n) is 5.87. The molecule has 0 atom stereocenters. The minimum atomic E-state index is -0.257. The Kier molecular flexibility index (Phi) is 4.68. The Balaban J connectivity index is 1.74. The van der Waals surface area contributed by atoms with Crippen LogP contribution in [-0.4, -0.2) is 20.7 Å². The number of carbonyl (C=O) groups is 1. The summed E-state index contributed by atoms with van der Waals surface area (Å²) in [5, 5.41) is 8.09. The molecule has 4 rings (SSSR count). The fourth-order valence-corrected chi connectivity index (χ4v) is 2.90.